The topological polar surface area (TPSA) is 79.4 Å². The minimum atomic E-state index is -0.342. The molecular formula is C17H23Cl2N5O2. The Kier molecular flexibility index (Phi) is 6.86. The SMILES string of the molecule is COC(=O)C1CN(c2nc3ccccc3nc2NC2CC2)CCN1.Cl.Cl. The number of hydrogen-bond acceptors (Lipinski definition) is 7. The first-order valence-corrected chi connectivity index (χ1v) is 8.34. The van der Waals surface area contributed by atoms with Gasteiger partial charge in [0.15, 0.2) is 11.6 Å². The Labute approximate surface area is 164 Å². The van der Waals surface area contributed by atoms with E-state index in [1.54, 1.807) is 0 Å². The number of anilines is 2. The van der Waals surface area contributed by atoms with Gasteiger partial charge in [-0.1, -0.05) is 12.1 Å². The van der Waals surface area contributed by atoms with E-state index in [-0.39, 0.29) is 36.8 Å². The van der Waals surface area contributed by atoms with Crippen LogP contribution in [0.1, 0.15) is 12.8 Å². The van der Waals surface area contributed by atoms with Gasteiger partial charge in [-0.2, -0.15) is 0 Å². The molecule has 1 aromatic heterocycles. The van der Waals surface area contributed by atoms with E-state index in [0.717, 1.165) is 29.2 Å². The summed E-state index contributed by atoms with van der Waals surface area (Å²) in [6.07, 6.45) is 2.33. The van der Waals surface area contributed by atoms with Crippen LogP contribution in [0.4, 0.5) is 11.6 Å². The maximum absolute atomic E-state index is 11.9. The summed E-state index contributed by atoms with van der Waals surface area (Å²) in [7, 11) is 1.42. The summed E-state index contributed by atoms with van der Waals surface area (Å²) in [5.74, 6) is 1.38. The number of carbonyl (C=O) groups excluding carboxylic acids is 1. The number of ether oxygens (including phenoxy) is 1. The van der Waals surface area contributed by atoms with E-state index in [2.05, 4.69) is 15.5 Å². The maximum atomic E-state index is 11.9. The van der Waals surface area contributed by atoms with Crippen molar-refractivity contribution in [2.75, 3.05) is 37.0 Å². The predicted octanol–water partition coefficient (Wildman–Crippen LogP) is 2.00. The van der Waals surface area contributed by atoms with Gasteiger partial charge >= 0.3 is 5.97 Å². The van der Waals surface area contributed by atoms with Crippen LogP contribution in [-0.2, 0) is 9.53 Å². The summed E-state index contributed by atoms with van der Waals surface area (Å²) in [6, 6.07) is 8.01. The zero-order valence-electron chi connectivity index (χ0n) is 14.5. The van der Waals surface area contributed by atoms with Crippen LogP contribution < -0.4 is 15.5 Å². The maximum Gasteiger partial charge on any atom is 0.324 e. The molecule has 1 aliphatic heterocycles. The Bertz CT molecular complexity index is 772. The highest BCUT2D eigenvalue weighted by Crippen LogP contribution is 2.31. The quantitative estimate of drug-likeness (QED) is 0.760. The number of methoxy groups -OCH3 is 1. The number of fused-ring (bicyclic) bond motifs is 1. The normalized spacial score (nSPS) is 19.3. The summed E-state index contributed by atoms with van der Waals surface area (Å²) in [4.78, 5) is 23.6. The summed E-state index contributed by atoms with van der Waals surface area (Å²) in [5, 5.41) is 6.67. The van der Waals surface area contributed by atoms with E-state index in [4.69, 9.17) is 14.7 Å². The monoisotopic (exact) mass is 399 g/mol. The third kappa shape index (κ3) is 4.28. The minimum absolute atomic E-state index is 0. The highest BCUT2D eigenvalue weighted by molar-refractivity contribution is 5.85. The summed E-state index contributed by atoms with van der Waals surface area (Å²) >= 11 is 0. The molecule has 2 fully saturated rings. The number of piperazine rings is 1. The van der Waals surface area contributed by atoms with Crippen molar-refractivity contribution in [2.45, 2.75) is 24.9 Å². The van der Waals surface area contributed by atoms with Crippen LogP contribution in [0.15, 0.2) is 24.3 Å². The van der Waals surface area contributed by atoms with E-state index >= 15 is 0 Å². The molecule has 1 saturated heterocycles. The number of rotatable bonds is 4. The van der Waals surface area contributed by atoms with E-state index in [1.807, 2.05) is 24.3 Å². The number of halogens is 2. The van der Waals surface area contributed by atoms with Gasteiger partial charge < -0.3 is 20.3 Å². The second kappa shape index (κ2) is 8.70. The van der Waals surface area contributed by atoms with Crippen LogP contribution in [0, 0.1) is 0 Å². The molecule has 1 unspecified atom stereocenters. The van der Waals surface area contributed by atoms with Crippen molar-refractivity contribution in [3.63, 3.8) is 0 Å². The van der Waals surface area contributed by atoms with E-state index in [1.165, 1.54) is 20.0 Å². The number of esters is 1. The molecule has 7 nitrogen and oxygen atoms in total. The van der Waals surface area contributed by atoms with Crippen LogP contribution in [0.3, 0.4) is 0 Å². The van der Waals surface area contributed by atoms with Gasteiger partial charge in [-0.3, -0.25) is 4.79 Å². The van der Waals surface area contributed by atoms with Crippen molar-refractivity contribution < 1.29 is 9.53 Å². The molecule has 142 valence electrons. The summed E-state index contributed by atoms with van der Waals surface area (Å²) in [6.45, 7) is 2.01. The van der Waals surface area contributed by atoms with Gasteiger partial charge in [0.2, 0.25) is 0 Å². The number of nitrogens with one attached hydrogen (secondary N) is 2. The molecule has 26 heavy (non-hydrogen) atoms. The summed E-state index contributed by atoms with van der Waals surface area (Å²) in [5.41, 5.74) is 1.74. The Morgan fingerprint density at radius 1 is 1.23 bits per heavy atom. The molecule has 1 atom stereocenters. The fraction of sp³-hybridized carbons (Fsp3) is 0.471. The first-order chi connectivity index (χ1) is 11.7. The lowest BCUT2D eigenvalue weighted by molar-refractivity contribution is -0.143. The number of hydrogen-bond donors (Lipinski definition) is 2. The van der Waals surface area contributed by atoms with Gasteiger partial charge in [0.05, 0.1) is 18.1 Å². The van der Waals surface area contributed by atoms with Gasteiger partial charge in [-0.25, -0.2) is 9.97 Å². The average molecular weight is 400 g/mol. The van der Waals surface area contributed by atoms with Crippen molar-refractivity contribution in [3.8, 4) is 0 Å². The summed E-state index contributed by atoms with van der Waals surface area (Å²) < 4.78 is 4.87. The Hall–Kier alpha value is -1.83. The molecule has 2 aliphatic rings. The highest BCUT2D eigenvalue weighted by atomic mass is 35.5. The van der Waals surface area contributed by atoms with E-state index < -0.39 is 0 Å². The second-order valence-corrected chi connectivity index (χ2v) is 6.28. The van der Waals surface area contributed by atoms with E-state index in [0.29, 0.717) is 19.1 Å². The lowest BCUT2D eigenvalue weighted by atomic mass is 10.2. The van der Waals surface area contributed by atoms with Crippen LogP contribution in [0.5, 0.6) is 0 Å². The van der Waals surface area contributed by atoms with Crippen molar-refractivity contribution in [3.05, 3.63) is 24.3 Å². The van der Waals surface area contributed by atoms with Crippen molar-refractivity contribution >= 4 is 53.5 Å². The highest BCUT2D eigenvalue weighted by Gasteiger charge is 2.30. The standard InChI is InChI=1S/C17H21N5O2.2ClH/c1-24-17(23)14-10-22(9-8-18-14)16-15(19-11-6-7-11)20-12-4-2-3-5-13(12)21-16;;/h2-5,11,14,18H,6-10H2,1H3,(H,19,20);2*1H. The molecular weight excluding hydrogens is 377 g/mol. The number of carbonyl (C=O) groups is 1. The van der Waals surface area contributed by atoms with Gasteiger partial charge in [-0.15, -0.1) is 24.8 Å². The van der Waals surface area contributed by atoms with Gasteiger partial charge in [0.1, 0.15) is 6.04 Å². The predicted molar refractivity (Wildman–Crippen MR) is 107 cm³/mol. The number of benzene rings is 1. The van der Waals surface area contributed by atoms with Gasteiger partial charge in [0.25, 0.3) is 0 Å². The molecule has 2 heterocycles. The molecule has 0 amide bonds. The van der Waals surface area contributed by atoms with E-state index in [9.17, 15) is 4.79 Å². The first kappa shape index (κ1) is 20.5. The molecule has 0 spiro atoms. The van der Waals surface area contributed by atoms with Crippen molar-refractivity contribution in [1.29, 1.82) is 0 Å². The molecule has 1 saturated carbocycles. The van der Waals surface area contributed by atoms with Gasteiger partial charge in [-0.05, 0) is 25.0 Å². The smallest absolute Gasteiger partial charge is 0.324 e. The molecule has 1 aliphatic carbocycles. The molecule has 0 radical (unpaired) electrons. The van der Waals surface area contributed by atoms with Crippen molar-refractivity contribution in [1.82, 2.24) is 15.3 Å². The number of aromatic nitrogens is 2. The molecule has 0 bridgehead atoms. The molecule has 2 N–H and O–H groups in total. The number of nitrogens with zero attached hydrogens (tertiary/aromatic N) is 3. The Balaban J connectivity index is 0.00000121. The Morgan fingerprint density at radius 3 is 2.58 bits per heavy atom. The zero-order chi connectivity index (χ0) is 16.5. The fourth-order valence-corrected chi connectivity index (χ4v) is 2.97. The van der Waals surface area contributed by atoms with Crippen LogP contribution in [0.2, 0.25) is 0 Å². The lowest BCUT2D eigenvalue weighted by Gasteiger charge is -2.33. The third-order valence-electron chi connectivity index (χ3n) is 4.43. The van der Waals surface area contributed by atoms with Crippen LogP contribution >= 0.6 is 24.8 Å². The van der Waals surface area contributed by atoms with Crippen molar-refractivity contribution in [2.24, 2.45) is 0 Å². The number of para-hydroxylation sites is 2. The molecule has 9 heteroatoms. The first-order valence-electron chi connectivity index (χ1n) is 8.34. The molecule has 1 aromatic carbocycles. The minimum Gasteiger partial charge on any atom is -0.468 e. The fourth-order valence-electron chi connectivity index (χ4n) is 2.97. The average Bonchev–Trinajstić information content (AvgIpc) is 3.44. The zero-order valence-corrected chi connectivity index (χ0v) is 16.1. The lowest BCUT2D eigenvalue weighted by Crippen LogP contribution is -2.55. The third-order valence-corrected chi connectivity index (χ3v) is 4.43. The Morgan fingerprint density at radius 2 is 1.92 bits per heavy atom. The van der Waals surface area contributed by atoms with Gasteiger partial charge in [0, 0.05) is 25.7 Å². The molecule has 2 aromatic rings. The largest absolute Gasteiger partial charge is 0.468 e. The molecule has 4 rings (SSSR count). The second-order valence-electron chi connectivity index (χ2n) is 6.28. The van der Waals surface area contributed by atoms with Crippen LogP contribution in [-0.4, -0.2) is 54.8 Å². The van der Waals surface area contributed by atoms with Crippen LogP contribution in [0.25, 0.3) is 11.0 Å².